The first-order valence-electron chi connectivity index (χ1n) is 12.7. The molecule has 2 heterocycles. The van der Waals surface area contributed by atoms with E-state index in [4.69, 9.17) is 9.47 Å². The number of methoxy groups -OCH3 is 1. The SMILES string of the molecule is COc1cccc(-c2cnc3c(c2)C(=O)N([C@H](C)CO)C[C@H](C)[C@H](CN(C)C(=O)Nc2ccccc2F)O3)c1. The first-order valence-corrected chi connectivity index (χ1v) is 12.7. The van der Waals surface area contributed by atoms with Crippen molar-refractivity contribution in [2.45, 2.75) is 26.0 Å². The molecule has 1 aromatic heterocycles. The van der Waals surface area contributed by atoms with Gasteiger partial charge >= 0.3 is 6.03 Å². The first kappa shape index (κ1) is 27.8. The van der Waals surface area contributed by atoms with Gasteiger partial charge in [-0.05, 0) is 42.8 Å². The van der Waals surface area contributed by atoms with Crippen molar-refractivity contribution < 1.29 is 28.6 Å². The summed E-state index contributed by atoms with van der Waals surface area (Å²) in [5.41, 5.74) is 1.85. The van der Waals surface area contributed by atoms with E-state index in [1.54, 1.807) is 50.4 Å². The summed E-state index contributed by atoms with van der Waals surface area (Å²) in [6, 6.07) is 14.1. The highest BCUT2D eigenvalue weighted by Gasteiger charge is 2.35. The Balaban J connectivity index is 1.64. The highest BCUT2D eigenvalue weighted by Crippen LogP contribution is 2.31. The number of amides is 3. The highest BCUT2D eigenvalue weighted by molar-refractivity contribution is 5.98. The number of nitrogens with zero attached hydrogens (tertiary/aromatic N) is 3. The lowest BCUT2D eigenvalue weighted by molar-refractivity contribution is 0.0356. The standard InChI is InChI=1S/C29H33FN4O5/c1-18-15-34(19(2)17-35)28(36)23-13-21(20-8-7-9-22(12-20)38-4)14-31-27(23)39-26(18)16-33(3)29(37)32-25-11-6-5-10-24(25)30/h5-14,18-19,26,35H,15-17H2,1-4H3,(H,32,37)/t18-,19+,26-/m0/s1. The number of benzene rings is 2. The molecule has 2 aromatic carbocycles. The Morgan fingerprint density at radius 1 is 1.26 bits per heavy atom. The number of aliphatic hydroxyl groups is 1. The van der Waals surface area contributed by atoms with E-state index in [1.165, 1.54) is 17.0 Å². The Labute approximate surface area is 227 Å². The van der Waals surface area contributed by atoms with Gasteiger partial charge in [0.05, 0.1) is 32.0 Å². The topological polar surface area (TPSA) is 104 Å². The van der Waals surface area contributed by atoms with E-state index in [1.807, 2.05) is 31.2 Å². The van der Waals surface area contributed by atoms with Gasteiger partial charge in [0.15, 0.2) is 0 Å². The zero-order valence-corrected chi connectivity index (χ0v) is 22.4. The van der Waals surface area contributed by atoms with E-state index in [0.29, 0.717) is 11.3 Å². The molecule has 0 radical (unpaired) electrons. The van der Waals surface area contributed by atoms with E-state index >= 15 is 0 Å². The predicted molar refractivity (Wildman–Crippen MR) is 145 cm³/mol. The van der Waals surface area contributed by atoms with Crippen LogP contribution in [-0.4, -0.2) is 77.8 Å². The number of carbonyl (C=O) groups is 2. The largest absolute Gasteiger partial charge is 0.497 e. The smallest absolute Gasteiger partial charge is 0.321 e. The lowest BCUT2D eigenvalue weighted by Crippen LogP contribution is -2.50. The number of aromatic nitrogens is 1. The number of fused-ring (bicyclic) bond motifs is 1. The fourth-order valence-corrected chi connectivity index (χ4v) is 4.41. The number of aliphatic hydroxyl groups excluding tert-OH is 1. The second-order valence-corrected chi connectivity index (χ2v) is 9.72. The van der Waals surface area contributed by atoms with Crippen molar-refractivity contribution in [1.29, 1.82) is 0 Å². The monoisotopic (exact) mass is 536 g/mol. The van der Waals surface area contributed by atoms with Crippen molar-refractivity contribution in [3.8, 4) is 22.8 Å². The molecule has 0 aliphatic carbocycles. The van der Waals surface area contributed by atoms with E-state index in [0.717, 1.165) is 5.56 Å². The van der Waals surface area contributed by atoms with Gasteiger partial charge in [0.2, 0.25) is 5.88 Å². The second kappa shape index (κ2) is 12.1. The van der Waals surface area contributed by atoms with Crippen LogP contribution >= 0.6 is 0 Å². The Hall–Kier alpha value is -4.18. The average molecular weight is 537 g/mol. The minimum absolute atomic E-state index is 0.0756. The van der Waals surface area contributed by atoms with Crippen LogP contribution in [0.15, 0.2) is 60.8 Å². The molecule has 206 valence electrons. The summed E-state index contributed by atoms with van der Waals surface area (Å²) in [7, 11) is 3.17. The molecule has 0 saturated carbocycles. The van der Waals surface area contributed by atoms with Crippen molar-refractivity contribution in [3.63, 3.8) is 0 Å². The van der Waals surface area contributed by atoms with E-state index in [2.05, 4.69) is 10.3 Å². The summed E-state index contributed by atoms with van der Waals surface area (Å²) in [6.07, 6.45) is 1.08. The Kier molecular flexibility index (Phi) is 8.65. The van der Waals surface area contributed by atoms with Crippen LogP contribution in [0.4, 0.5) is 14.9 Å². The van der Waals surface area contributed by atoms with Crippen molar-refractivity contribution in [2.75, 3.05) is 39.2 Å². The molecule has 1 aliphatic heterocycles. The van der Waals surface area contributed by atoms with Crippen molar-refractivity contribution in [2.24, 2.45) is 5.92 Å². The van der Waals surface area contributed by atoms with Crippen LogP contribution in [0.5, 0.6) is 11.6 Å². The molecular formula is C29H33FN4O5. The lowest BCUT2D eigenvalue weighted by atomic mass is 9.99. The number of nitrogens with one attached hydrogen (secondary N) is 1. The van der Waals surface area contributed by atoms with Gasteiger partial charge < -0.3 is 29.7 Å². The average Bonchev–Trinajstić information content (AvgIpc) is 2.95. The quantitative estimate of drug-likeness (QED) is 0.467. The fraction of sp³-hybridized carbons (Fsp3) is 0.345. The number of urea groups is 1. The number of para-hydroxylation sites is 1. The molecule has 2 N–H and O–H groups in total. The molecule has 0 bridgehead atoms. The first-order chi connectivity index (χ1) is 18.7. The molecule has 0 saturated heterocycles. The third-order valence-electron chi connectivity index (χ3n) is 6.84. The molecule has 10 heteroatoms. The molecule has 0 fully saturated rings. The number of rotatable bonds is 7. The fourth-order valence-electron chi connectivity index (χ4n) is 4.41. The molecule has 9 nitrogen and oxygen atoms in total. The van der Waals surface area contributed by atoms with Crippen molar-refractivity contribution in [3.05, 3.63) is 72.2 Å². The third-order valence-corrected chi connectivity index (χ3v) is 6.84. The van der Waals surface area contributed by atoms with Gasteiger partial charge in [0, 0.05) is 31.3 Å². The maximum atomic E-state index is 14.1. The summed E-state index contributed by atoms with van der Waals surface area (Å²) >= 11 is 0. The number of anilines is 1. The Morgan fingerprint density at radius 2 is 2.03 bits per heavy atom. The number of hydrogen-bond acceptors (Lipinski definition) is 6. The summed E-state index contributed by atoms with van der Waals surface area (Å²) in [5.74, 6) is -0.254. The maximum Gasteiger partial charge on any atom is 0.321 e. The van der Waals surface area contributed by atoms with Crippen LogP contribution in [-0.2, 0) is 0 Å². The van der Waals surface area contributed by atoms with Crippen LogP contribution in [0.3, 0.4) is 0 Å². The zero-order valence-electron chi connectivity index (χ0n) is 22.4. The van der Waals surface area contributed by atoms with Gasteiger partial charge in [0.25, 0.3) is 5.91 Å². The summed E-state index contributed by atoms with van der Waals surface area (Å²) in [5, 5.41) is 12.5. The Bertz CT molecular complexity index is 1340. The summed E-state index contributed by atoms with van der Waals surface area (Å²) in [6.45, 7) is 3.90. The molecule has 3 aromatic rings. The minimum atomic E-state index is -0.545. The molecule has 1 aliphatic rings. The predicted octanol–water partition coefficient (Wildman–Crippen LogP) is 4.28. The van der Waals surface area contributed by atoms with Crippen LogP contribution in [0.2, 0.25) is 0 Å². The van der Waals surface area contributed by atoms with Gasteiger partial charge in [-0.15, -0.1) is 0 Å². The molecule has 4 rings (SSSR count). The number of pyridine rings is 1. The number of hydrogen-bond donors (Lipinski definition) is 2. The molecule has 0 spiro atoms. The number of likely N-dealkylation sites (N-methyl/N-ethyl adjacent to an activating group) is 1. The van der Waals surface area contributed by atoms with Crippen molar-refractivity contribution in [1.82, 2.24) is 14.8 Å². The van der Waals surface area contributed by atoms with Crippen molar-refractivity contribution >= 4 is 17.6 Å². The molecule has 3 amide bonds. The number of halogens is 1. The normalized spacial score (nSPS) is 17.8. The molecule has 39 heavy (non-hydrogen) atoms. The van der Waals surface area contributed by atoms with Crippen LogP contribution in [0.25, 0.3) is 11.1 Å². The second-order valence-electron chi connectivity index (χ2n) is 9.72. The van der Waals surface area contributed by atoms with E-state index in [-0.39, 0.29) is 48.7 Å². The van der Waals surface area contributed by atoms with Gasteiger partial charge in [-0.25, -0.2) is 14.2 Å². The number of ether oxygens (including phenoxy) is 2. The van der Waals surface area contributed by atoms with Crippen LogP contribution in [0, 0.1) is 11.7 Å². The zero-order chi connectivity index (χ0) is 28.1. The lowest BCUT2D eigenvalue weighted by Gasteiger charge is -2.37. The van der Waals surface area contributed by atoms with E-state index in [9.17, 15) is 19.1 Å². The summed E-state index contributed by atoms with van der Waals surface area (Å²) < 4.78 is 25.7. The number of carbonyl (C=O) groups excluding carboxylic acids is 2. The van der Waals surface area contributed by atoms with Gasteiger partial charge in [0.1, 0.15) is 23.2 Å². The molecular weight excluding hydrogens is 503 g/mol. The van der Waals surface area contributed by atoms with Gasteiger partial charge in [-0.3, -0.25) is 4.79 Å². The molecule has 0 unspecified atom stereocenters. The summed E-state index contributed by atoms with van der Waals surface area (Å²) in [4.78, 5) is 34.0. The van der Waals surface area contributed by atoms with Crippen LogP contribution in [0.1, 0.15) is 24.2 Å². The highest BCUT2D eigenvalue weighted by atomic mass is 19.1. The molecule has 3 atom stereocenters. The Morgan fingerprint density at radius 3 is 2.74 bits per heavy atom. The van der Waals surface area contributed by atoms with E-state index < -0.39 is 24.0 Å². The minimum Gasteiger partial charge on any atom is -0.497 e. The van der Waals surface area contributed by atoms with Gasteiger partial charge in [-0.1, -0.05) is 31.2 Å². The maximum absolute atomic E-state index is 14.1. The third kappa shape index (κ3) is 6.28. The van der Waals surface area contributed by atoms with Crippen LogP contribution < -0.4 is 14.8 Å². The van der Waals surface area contributed by atoms with Gasteiger partial charge in [-0.2, -0.15) is 0 Å².